The van der Waals surface area contributed by atoms with Crippen molar-refractivity contribution in [2.45, 2.75) is 56.3 Å². The average molecular weight is 319 g/mol. The van der Waals surface area contributed by atoms with E-state index < -0.39 is 10.0 Å². The van der Waals surface area contributed by atoms with Crippen molar-refractivity contribution in [3.05, 3.63) is 0 Å². The van der Waals surface area contributed by atoms with E-state index in [1.807, 2.05) is 0 Å². The standard InChI is InChI=1S/C14H25NO5S/c1-19-14(16)8-9-15(11-12-5-4-10-20-12)21(17,18)13-6-2-3-7-13/h12-13H,2-11H2,1H3. The van der Waals surface area contributed by atoms with Crippen LogP contribution in [0.1, 0.15) is 44.9 Å². The summed E-state index contributed by atoms with van der Waals surface area (Å²) in [6.07, 6.45) is 5.29. The summed E-state index contributed by atoms with van der Waals surface area (Å²) in [5.74, 6) is -0.381. The Bertz CT molecular complexity index is 438. The van der Waals surface area contributed by atoms with Crippen LogP contribution in [0.5, 0.6) is 0 Å². The van der Waals surface area contributed by atoms with Gasteiger partial charge in [0.05, 0.1) is 24.9 Å². The summed E-state index contributed by atoms with van der Waals surface area (Å²) < 4.78 is 37.1. The largest absolute Gasteiger partial charge is 0.469 e. The first-order valence-corrected chi connectivity index (χ1v) is 9.21. The lowest BCUT2D eigenvalue weighted by molar-refractivity contribution is -0.140. The van der Waals surface area contributed by atoms with Gasteiger partial charge in [-0.1, -0.05) is 12.8 Å². The van der Waals surface area contributed by atoms with Crippen LogP contribution in [0.25, 0.3) is 0 Å². The molecular weight excluding hydrogens is 294 g/mol. The molecule has 7 heteroatoms. The normalized spacial score (nSPS) is 23.8. The van der Waals surface area contributed by atoms with Crippen LogP contribution < -0.4 is 0 Å². The Morgan fingerprint density at radius 1 is 1.24 bits per heavy atom. The first kappa shape index (κ1) is 16.7. The van der Waals surface area contributed by atoms with E-state index in [1.165, 1.54) is 11.4 Å². The maximum absolute atomic E-state index is 12.7. The fourth-order valence-electron chi connectivity index (χ4n) is 3.05. The number of carbonyl (C=O) groups excluding carboxylic acids is 1. The second kappa shape index (κ2) is 7.56. The van der Waals surface area contributed by atoms with Crippen LogP contribution >= 0.6 is 0 Å². The predicted molar refractivity (Wildman–Crippen MR) is 78.4 cm³/mol. The molecule has 1 unspecified atom stereocenters. The van der Waals surface area contributed by atoms with Gasteiger partial charge in [0.2, 0.25) is 10.0 Å². The zero-order valence-corrected chi connectivity index (χ0v) is 13.4. The lowest BCUT2D eigenvalue weighted by Gasteiger charge is -2.27. The molecular formula is C14H25NO5S. The molecule has 1 saturated heterocycles. The minimum Gasteiger partial charge on any atom is -0.469 e. The molecule has 0 aromatic rings. The van der Waals surface area contributed by atoms with E-state index in [1.54, 1.807) is 0 Å². The smallest absolute Gasteiger partial charge is 0.306 e. The minimum atomic E-state index is -3.35. The molecule has 0 radical (unpaired) electrons. The number of esters is 1. The SMILES string of the molecule is COC(=O)CCN(CC1CCCO1)S(=O)(=O)C1CCCC1. The predicted octanol–water partition coefficient (Wildman–Crippen LogP) is 1.30. The van der Waals surface area contributed by atoms with Crippen LogP contribution in [0.15, 0.2) is 0 Å². The molecule has 1 heterocycles. The van der Waals surface area contributed by atoms with Gasteiger partial charge in [0.25, 0.3) is 0 Å². The highest BCUT2D eigenvalue weighted by atomic mass is 32.2. The van der Waals surface area contributed by atoms with Gasteiger partial charge in [-0.05, 0) is 25.7 Å². The molecule has 0 spiro atoms. The third-order valence-corrected chi connectivity index (χ3v) is 6.67. The zero-order chi connectivity index (χ0) is 15.3. The number of rotatable bonds is 7. The van der Waals surface area contributed by atoms with Crippen LogP contribution in [0.2, 0.25) is 0 Å². The fourth-order valence-corrected chi connectivity index (χ4v) is 5.12. The van der Waals surface area contributed by atoms with E-state index in [-0.39, 0.29) is 30.3 Å². The maximum Gasteiger partial charge on any atom is 0.306 e. The van der Waals surface area contributed by atoms with E-state index in [0.29, 0.717) is 13.2 Å². The van der Waals surface area contributed by atoms with Gasteiger partial charge >= 0.3 is 5.97 Å². The van der Waals surface area contributed by atoms with Crippen molar-refractivity contribution >= 4 is 16.0 Å². The second-order valence-corrected chi connectivity index (χ2v) is 7.98. The quantitative estimate of drug-likeness (QED) is 0.661. The number of hydrogen-bond donors (Lipinski definition) is 0. The lowest BCUT2D eigenvalue weighted by Crippen LogP contribution is -2.43. The summed E-state index contributed by atoms with van der Waals surface area (Å²) >= 11 is 0. The number of nitrogens with zero attached hydrogens (tertiary/aromatic N) is 1. The van der Waals surface area contributed by atoms with Crippen LogP contribution in [-0.2, 0) is 24.3 Å². The maximum atomic E-state index is 12.7. The molecule has 2 fully saturated rings. The topological polar surface area (TPSA) is 72.9 Å². The van der Waals surface area contributed by atoms with Gasteiger partial charge in [-0.3, -0.25) is 4.79 Å². The summed E-state index contributed by atoms with van der Waals surface area (Å²) in [6, 6.07) is 0. The van der Waals surface area contributed by atoms with Gasteiger partial charge in [-0.2, -0.15) is 4.31 Å². The third kappa shape index (κ3) is 4.40. The number of carbonyl (C=O) groups is 1. The first-order valence-electron chi connectivity index (χ1n) is 7.71. The number of ether oxygens (including phenoxy) is 2. The molecule has 1 aliphatic heterocycles. The average Bonchev–Trinajstić information content (AvgIpc) is 3.15. The van der Waals surface area contributed by atoms with Crippen molar-refractivity contribution < 1.29 is 22.7 Å². The molecule has 1 atom stereocenters. The molecule has 1 saturated carbocycles. The molecule has 0 N–H and O–H groups in total. The summed E-state index contributed by atoms with van der Waals surface area (Å²) in [7, 11) is -2.03. The van der Waals surface area contributed by atoms with E-state index >= 15 is 0 Å². The number of hydrogen-bond acceptors (Lipinski definition) is 5. The first-order chi connectivity index (χ1) is 10.0. The number of methoxy groups -OCH3 is 1. The summed E-state index contributed by atoms with van der Waals surface area (Å²) in [5.41, 5.74) is 0. The summed E-state index contributed by atoms with van der Waals surface area (Å²) in [6.45, 7) is 1.24. The molecule has 21 heavy (non-hydrogen) atoms. The Morgan fingerprint density at radius 2 is 1.95 bits per heavy atom. The Kier molecular flexibility index (Phi) is 6.01. The van der Waals surface area contributed by atoms with Gasteiger partial charge < -0.3 is 9.47 Å². The van der Waals surface area contributed by atoms with Gasteiger partial charge in [0, 0.05) is 19.7 Å². The highest BCUT2D eigenvalue weighted by Gasteiger charge is 2.36. The monoisotopic (exact) mass is 319 g/mol. The molecule has 0 amide bonds. The van der Waals surface area contributed by atoms with Gasteiger partial charge in [0.1, 0.15) is 0 Å². The van der Waals surface area contributed by atoms with Gasteiger partial charge in [-0.25, -0.2) is 8.42 Å². The molecule has 0 aromatic carbocycles. The highest BCUT2D eigenvalue weighted by Crippen LogP contribution is 2.28. The van der Waals surface area contributed by atoms with Crippen molar-refractivity contribution in [1.82, 2.24) is 4.31 Å². The highest BCUT2D eigenvalue weighted by molar-refractivity contribution is 7.89. The van der Waals surface area contributed by atoms with Crippen LogP contribution in [0, 0.1) is 0 Å². The Hall–Kier alpha value is -0.660. The van der Waals surface area contributed by atoms with E-state index in [0.717, 1.165) is 38.5 Å². The molecule has 1 aliphatic carbocycles. The second-order valence-electron chi connectivity index (χ2n) is 5.77. The van der Waals surface area contributed by atoms with Gasteiger partial charge in [-0.15, -0.1) is 0 Å². The Balaban J connectivity index is 2.03. The van der Waals surface area contributed by atoms with Crippen molar-refractivity contribution in [3.63, 3.8) is 0 Å². The van der Waals surface area contributed by atoms with E-state index in [4.69, 9.17) is 4.74 Å². The minimum absolute atomic E-state index is 0.0428. The molecule has 6 nitrogen and oxygen atoms in total. The molecule has 2 rings (SSSR count). The zero-order valence-electron chi connectivity index (χ0n) is 12.6. The van der Waals surface area contributed by atoms with E-state index in [2.05, 4.69) is 4.74 Å². The molecule has 0 bridgehead atoms. The lowest BCUT2D eigenvalue weighted by atomic mass is 10.2. The molecule has 2 aliphatic rings. The van der Waals surface area contributed by atoms with Crippen LogP contribution in [0.3, 0.4) is 0 Å². The fraction of sp³-hybridized carbons (Fsp3) is 0.929. The van der Waals surface area contributed by atoms with Gasteiger partial charge in [0.15, 0.2) is 0 Å². The molecule has 122 valence electrons. The summed E-state index contributed by atoms with van der Waals surface area (Å²) in [4.78, 5) is 11.3. The van der Waals surface area contributed by atoms with Crippen molar-refractivity contribution in [1.29, 1.82) is 0 Å². The Morgan fingerprint density at radius 3 is 2.52 bits per heavy atom. The number of sulfonamides is 1. The summed E-state index contributed by atoms with van der Waals surface area (Å²) in [5, 5.41) is -0.295. The van der Waals surface area contributed by atoms with Crippen LogP contribution in [-0.4, -0.2) is 56.9 Å². The Labute approximate surface area is 126 Å². The molecule has 0 aromatic heterocycles. The third-order valence-electron chi connectivity index (χ3n) is 4.31. The van der Waals surface area contributed by atoms with E-state index in [9.17, 15) is 13.2 Å². The van der Waals surface area contributed by atoms with Crippen molar-refractivity contribution in [2.75, 3.05) is 26.8 Å². The van der Waals surface area contributed by atoms with Crippen LogP contribution in [0.4, 0.5) is 0 Å². The van der Waals surface area contributed by atoms with Crippen molar-refractivity contribution in [3.8, 4) is 0 Å². The van der Waals surface area contributed by atoms with Crippen molar-refractivity contribution in [2.24, 2.45) is 0 Å².